The van der Waals surface area contributed by atoms with Gasteiger partial charge in [0.15, 0.2) is 16.4 Å². The molecule has 0 aliphatic carbocycles. The van der Waals surface area contributed by atoms with Crippen molar-refractivity contribution in [2.75, 3.05) is 18.2 Å². The van der Waals surface area contributed by atoms with Crippen LogP contribution in [0.5, 0.6) is 0 Å². The normalized spacial score (nSPS) is 11.2. The number of nitrogens with one attached hydrogen (secondary N) is 1. The molecule has 0 bridgehead atoms. The van der Waals surface area contributed by atoms with Gasteiger partial charge in [0.25, 0.3) is 5.91 Å². The predicted molar refractivity (Wildman–Crippen MR) is 97.5 cm³/mol. The van der Waals surface area contributed by atoms with Crippen LogP contribution in [0.15, 0.2) is 33.3 Å². The number of thiazole rings is 1. The van der Waals surface area contributed by atoms with E-state index in [1.165, 1.54) is 22.8 Å². The van der Waals surface area contributed by atoms with Crippen LogP contribution in [-0.2, 0) is 30.7 Å². The van der Waals surface area contributed by atoms with E-state index in [2.05, 4.69) is 5.32 Å². The first-order chi connectivity index (χ1) is 12.1. The molecule has 2 aromatic rings. The van der Waals surface area contributed by atoms with Crippen molar-refractivity contribution in [3.63, 3.8) is 0 Å². The van der Waals surface area contributed by atoms with E-state index in [9.17, 15) is 22.8 Å². The number of rotatable bonds is 6. The Morgan fingerprint density at radius 2 is 2.04 bits per heavy atom. The molecule has 1 aromatic heterocycles. The van der Waals surface area contributed by atoms with Gasteiger partial charge in [-0.2, -0.15) is 0 Å². The molecule has 0 aliphatic heterocycles. The van der Waals surface area contributed by atoms with Gasteiger partial charge in [-0.15, -0.1) is 0 Å². The summed E-state index contributed by atoms with van der Waals surface area (Å²) in [4.78, 5) is 34.9. The van der Waals surface area contributed by atoms with Gasteiger partial charge in [0.05, 0.1) is 15.6 Å². The van der Waals surface area contributed by atoms with E-state index in [0.717, 1.165) is 17.6 Å². The van der Waals surface area contributed by atoms with E-state index in [4.69, 9.17) is 16.3 Å². The van der Waals surface area contributed by atoms with Crippen molar-refractivity contribution in [3.8, 4) is 0 Å². The maximum atomic E-state index is 11.9. The largest absolute Gasteiger partial charge is 0.454 e. The number of sulfone groups is 1. The number of ether oxygens (including phenoxy) is 1. The summed E-state index contributed by atoms with van der Waals surface area (Å²) >= 11 is 6.89. The molecule has 140 valence electrons. The summed E-state index contributed by atoms with van der Waals surface area (Å²) in [6, 6.07) is 3.87. The van der Waals surface area contributed by atoms with E-state index in [-0.39, 0.29) is 27.0 Å². The highest BCUT2D eigenvalue weighted by atomic mass is 35.5. The molecule has 1 aromatic carbocycles. The molecule has 0 saturated heterocycles. The molecule has 11 heteroatoms. The molecule has 0 radical (unpaired) electrons. The van der Waals surface area contributed by atoms with Crippen LogP contribution in [0.1, 0.15) is 5.69 Å². The number of hydrogen-bond donors (Lipinski definition) is 1. The summed E-state index contributed by atoms with van der Waals surface area (Å²) in [7, 11) is -3.47. The second-order valence-electron chi connectivity index (χ2n) is 5.35. The molecule has 1 N–H and O–H groups in total. The molecule has 8 nitrogen and oxygen atoms in total. The Morgan fingerprint density at radius 1 is 1.35 bits per heavy atom. The summed E-state index contributed by atoms with van der Waals surface area (Å²) in [5.41, 5.74) is 0.700. The lowest BCUT2D eigenvalue weighted by atomic mass is 10.3. The zero-order chi connectivity index (χ0) is 19.5. The number of anilines is 1. The molecule has 0 saturated carbocycles. The van der Waals surface area contributed by atoms with E-state index in [1.807, 2.05) is 0 Å². The van der Waals surface area contributed by atoms with Gasteiger partial charge in [-0.3, -0.25) is 19.0 Å². The third-order valence-corrected chi connectivity index (χ3v) is 5.59. The monoisotopic (exact) mass is 418 g/mol. The fourth-order valence-electron chi connectivity index (χ4n) is 1.93. The van der Waals surface area contributed by atoms with Gasteiger partial charge in [0.2, 0.25) is 0 Å². The number of carbonyl (C=O) groups excluding carboxylic acids is 2. The Morgan fingerprint density at radius 3 is 2.62 bits per heavy atom. The van der Waals surface area contributed by atoms with Gasteiger partial charge in [0.1, 0.15) is 6.54 Å². The summed E-state index contributed by atoms with van der Waals surface area (Å²) in [6.45, 7) is 0.774. The number of aryl methyl sites for hydroxylation is 1. The van der Waals surface area contributed by atoms with E-state index in [1.54, 1.807) is 12.3 Å². The minimum absolute atomic E-state index is 0.0125. The molecule has 0 spiro atoms. The smallest absolute Gasteiger partial charge is 0.326 e. The van der Waals surface area contributed by atoms with Crippen molar-refractivity contribution in [3.05, 3.63) is 44.0 Å². The van der Waals surface area contributed by atoms with Gasteiger partial charge in [-0.05, 0) is 25.1 Å². The minimum Gasteiger partial charge on any atom is -0.454 e. The lowest BCUT2D eigenvalue weighted by molar-refractivity contribution is -0.147. The van der Waals surface area contributed by atoms with Crippen molar-refractivity contribution in [2.45, 2.75) is 18.4 Å². The average molecular weight is 419 g/mol. The Kier molecular flexibility index (Phi) is 6.21. The van der Waals surface area contributed by atoms with Crippen molar-refractivity contribution in [2.24, 2.45) is 0 Å². The summed E-state index contributed by atoms with van der Waals surface area (Å²) in [5, 5.41) is 4.13. The fourth-order valence-corrected chi connectivity index (χ4v) is 3.48. The molecule has 0 atom stereocenters. The number of aromatic nitrogens is 1. The Labute approximate surface area is 158 Å². The SMILES string of the molecule is Cc1csc(=O)n1CC(=O)OCC(=O)Nc1cc(S(C)(=O)=O)ccc1Cl. The highest BCUT2D eigenvalue weighted by molar-refractivity contribution is 7.90. The first-order valence-corrected chi connectivity index (χ1v) is 10.3. The van der Waals surface area contributed by atoms with Crippen molar-refractivity contribution >= 4 is 50.3 Å². The van der Waals surface area contributed by atoms with E-state index < -0.39 is 28.3 Å². The van der Waals surface area contributed by atoms with Gasteiger partial charge in [-0.25, -0.2) is 8.42 Å². The van der Waals surface area contributed by atoms with Gasteiger partial charge in [-0.1, -0.05) is 22.9 Å². The van der Waals surface area contributed by atoms with E-state index in [0.29, 0.717) is 5.69 Å². The third kappa shape index (κ3) is 5.16. The van der Waals surface area contributed by atoms with Crippen LogP contribution in [0.3, 0.4) is 0 Å². The zero-order valence-corrected chi connectivity index (χ0v) is 16.2. The highest BCUT2D eigenvalue weighted by Gasteiger charge is 2.14. The van der Waals surface area contributed by atoms with Crippen LogP contribution in [0, 0.1) is 6.92 Å². The maximum Gasteiger partial charge on any atom is 0.326 e. The molecular formula is C15H15ClN2O6S2. The number of hydrogen-bond acceptors (Lipinski definition) is 7. The highest BCUT2D eigenvalue weighted by Crippen LogP contribution is 2.25. The van der Waals surface area contributed by atoms with Crippen LogP contribution >= 0.6 is 22.9 Å². The zero-order valence-electron chi connectivity index (χ0n) is 13.8. The van der Waals surface area contributed by atoms with Gasteiger partial charge in [0, 0.05) is 17.3 Å². The molecule has 1 amide bonds. The third-order valence-electron chi connectivity index (χ3n) is 3.27. The average Bonchev–Trinajstić information content (AvgIpc) is 2.86. The van der Waals surface area contributed by atoms with Crippen molar-refractivity contribution in [1.82, 2.24) is 4.57 Å². The second-order valence-corrected chi connectivity index (χ2v) is 8.60. The van der Waals surface area contributed by atoms with Crippen molar-refractivity contribution in [1.29, 1.82) is 0 Å². The number of esters is 1. The number of nitrogens with zero attached hydrogens (tertiary/aromatic N) is 1. The Bertz CT molecular complexity index is 1010. The van der Waals surface area contributed by atoms with Crippen LogP contribution in [0.2, 0.25) is 5.02 Å². The van der Waals surface area contributed by atoms with Crippen LogP contribution < -0.4 is 10.2 Å². The summed E-state index contributed by atoms with van der Waals surface area (Å²) < 4.78 is 29.2. The maximum absolute atomic E-state index is 11.9. The number of halogens is 1. The van der Waals surface area contributed by atoms with Gasteiger partial charge < -0.3 is 10.1 Å². The summed E-state index contributed by atoms with van der Waals surface area (Å²) in [6.07, 6.45) is 1.03. The second kappa shape index (κ2) is 8.02. The van der Waals surface area contributed by atoms with Crippen LogP contribution in [0.4, 0.5) is 5.69 Å². The topological polar surface area (TPSA) is 112 Å². The molecular weight excluding hydrogens is 404 g/mol. The fraction of sp³-hybridized carbons (Fsp3) is 0.267. The first-order valence-electron chi connectivity index (χ1n) is 7.18. The standard InChI is InChI=1S/C15H15ClN2O6S2/c1-9-8-25-15(21)18(9)6-14(20)24-7-13(19)17-12-5-10(26(2,22)23)3-4-11(12)16/h3-5,8H,6-7H2,1-2H3,(H,17,19). The first kappa shape index (κ1) is 20.1. The number of amides is 1. The van der Waals surface area contributed by atoms with Crippen LogP contribution in [0.25, 0.3) is 0 Å². The molecule has 0 fully saturated rings. The Balaban J connectivity index is 1.97. The number of benzene rings is 1. The Hall–Kier alpha value is -2.17. The molecule has 0 unspecified atom stereocenters. The van der Waals surface area contributed by atoms with Gasteiger partial charge >= 0.3 is 10.8 Å². The lowest BCUT2D eigenvalue weighted by Gasteiger charge is -2.10. The minimum atomic E-state index is -3.47. The van der Waals surface area contributed by atoms with Crippen molar-refractivity contribution < 1.29 is 22.7 Å². The quantitative estimate of drug-likeness (QED) is 0.711. The van der Waals surface area contributed by atoms with E-state index >= 15 is 0 Å². The summed E-state index contributed by atoms with van der Waals surface area (Å²) in [5.74, 6) is -1.44. The molecule has 2 rings (SSSR count). The molecule has 26 heavy (non-hydrogen) atoms. The number of carbonyl (C=O) groups is 2. The predicted octanol–water partition coefficient (Wildman–Crippen LogP) is 1.46. The molecule has 0 aliphatic rings. The van der Waals surface area contributed by atoms with Crippen LogP contribution in [-0.4, -0.2) is 37.7 Å². The lowest BCUT2D eigenvalue weighted by Crippen LogP contribution is -2.26. The molecule has 1 heterocycles.